The minimum absolute atomic E-state index is 0.239. The Morgan fingerprint density at radius 3 is 2.58 bits per heavy atom. The summed E-state index contributed by atoms with van der Waals surface area (Å²) in [5.41, 5.74) is 1.84. The van der Waals surface area contributed by atoms with Gasteiger partial charge in [0, 0.05) is 19.0 Å². The molecule has 2 aromatic rings. The molecule has 0 aromatic heterocycles. The number of hydrogen-bond donors (Lipinski definition) is 0. The van der Waals surface area contributed by atoms with Crippen molar-refractivity contribution in [2.75, 3.05) is 24.1 Å². The van der Waals surface area contributed by atoms with Crippen LogP contribution in [0, 0.1) is 0 Å². The third kappa shape index (κ3) is 2.60. The fourth-order valence-electron chi connectivity index (χ4n) is 3.18. The van der Waals surface area contributed by atoms with E-state index < -0.39 is 10.0 Å². The number of para-hydroxylation sites is 1. The molecule has 2 aromatic carbocycles. The number of ether oxygens (including phenoxy) is 2. The summed E-state index contributed by atoms with van der Waals surface area (Å²) in [5, 5.41) is 0. The first-order valence-corrected chi connectivity index (χ1v) is 9.60. The SMILES string of the molecule is O=S(=O)(c1ccc2c(c1)OCCCO2)N1CCCc2ccccc21. The Morgan fingerprint density at radius 2 is 1.71 bits per heavy atom. The Balaban J connectivity index is 1.75. The average Bonchev–Trinajstić information content (AvgIpc) is 2.86. The van der Waals surface area contributed by atoms with E-state index >= 15 is 0 Å². The largest absolute Gasteiger partial charge is 0.490 e. The molecule has 0 aliphatic carbocycles. The molecule has 0 saturated heterocycles. The van der Waals surface area contributed by atoms with Crippen molar-refractivity contribution in [3.8, 4) is 11.5 Å². The van der Waals surface area contributed by atoms with Crippen LogP contribution in [0.1, 0.15) is 18.4 Å². The number of fused-ring (bicyclic) bond motifs is 2. The van der Waals surface area contributed by atoms with Crippen LogP contribution < -0.4 is 13.8 Å². The van der Waals surface area contributed by atoms with Crippen molar-refractivity contribution in [2.24, 2.45) is 0 Å². The van der Waals surface area contributed by atoms with Gasteiger partial charge in [0.1, 0.15) is 0 Å². The fraction of sp³-hybridized carbons (Fsp3) is 0.333. The number of nitrogens with zero attached hydrogens (tertiary/aromatic N) is 1. The van der Waals surface area contributed by atoms with Gasteiger partial charge in [0.05, 0.1) is 23.8 Å². The lowest BCUT2D eigenvalue weighted by Gasteiger charge is -2.30. The van der Waals surface area contributed by atoms with Crippen LogP contribution in [0.2, 0.25) is 0 Å². The number of hydrogen-bond acceptors (Lipinski definition) is 4. The summed E-state index contributed by atoms with van der Waals surface area (Å²) < 4.78 is 39.0. The fourth-order valence-corrected chi connectivity index (χ4v) is 4.74. The quantitative estimate of drug-likeness (QED) is 0.840. The van der Waals surface area contributed by atoms with Gasteiger partial charge in [-0.15, -0.1) is 0 Å². The maximum absolute atomic E-state index is 13.2. The van der Waals surface area contributed by atoms with Crippen molar-refractivity contribution in [1.82, 2.24) is 0 Å². The molecule has 2 heterocycles. The summed E-state index contributed by atoms with van der Waals surface area (Å²) in [6, 6.07) is 12.5. The summed E-state index contributed by atoms with van der Waals surface area (Å²) in [4.78, 5) is 0.239. The maximum Gasteiger partial charge on any atom is 0.264 e. The lowest BCUT2D eigenvalue weighted by molar-refractivity contribution is 0.297. The van der Waals surface area contributed by atoms with Crippen LogP contribution in [0.25, 0.3) is 0 Å². The molecular weight excluding hydrogens is 326 g/mol. The molecule has 5 nitrogen and oxygen atoms in total. The smallest absolute Gasteiger partial charge is 0.264 e. The van der Waals surface area contributed by atoms with Crippen LogP contribution in [-0.4, -0.2) is 28.2 Å². The Hall–Kier alpha value is -2.21. The van der Waals surface area contributed by atoms with E-state index in [1.807, 2.05) is 24.3 Å². The van der Waals surface area contributed by atoms with Crippen LogP contribution in [0.5, 0.6) is 11.5 Å². The van der Waals surface area contributed by atoms with Crippen LogP contribution in [-0.2, 0) is 16.4 Å². The maximum atomic E-state index is 13.2. The van der Waals surface area contributed by atoms with Crippen LogP contribution in [0.3, 0.4) is 0 Å². The zero-order valence-electron chi connectivity index (χ0n) is 13.3. The van der Waals surface area contributed by atoms with E-state index in [1.165, 1.54) is 4.31 Å². The highest BCUT2D eigenvalue weighted by Crippen LogP contribution is 2.36. The van der Waals surface area contributed by atoms with E-state index in [9.17, 15) is 8.42 Å². The third-order valence-electron chi connectivity index (χ3n) is 4.37. The first-order valence-electron chi connectivity index (χ1n) is 8.16. The molecule has 0 atom stereocenters. The number of benzene rings is 2. The van der Waals surface area contributed by atoms with Gasteiger partial charge in [0.2, 0.25) is 0 Å². The molecule has 24 heavy (non-hydrogen) atoms. The van der Waals surface area contributed by atoms with Crippen molar-refractivity contribution in [3.63, 3.8) is 0 Å². The van der Waals surface area contributed by atoms with Gasteiger partial charge in [-0.1, -0.05) is 18.2 Å². The van der Waals surface area contributed by atoms with Crippen LogP contribution >= 0.6 is 0 Å². The first-order chi connectivity index (χ1) is 11.7. The Bertz CT molecular complexity index is 863. The lowest BCUT2D eigenvalue weighted by Crippen LogP contribution is -2.35. The van der Waals surface area contributed by atoms with Gasteiger partial charge in [-0.05, 0) is 36.6 Å². The van der Waals surface area contributed by atoms with E-state index in [2.05, 4.69) is 0 Å². The van der Waals surface area contributed by atoms with Crippen molar-refractivity contribution in [2.45, 2.75) is 24.2 Å². The van der Waals surface area contributed by atoms with Crippen molar-refractivity contribution in [1.29, 1.82) is 0 Å². The van der Waals surface area contributed by atoms with Crippen molar-refractivity contribution in [3.05, 3.63) is 48.0 Å². The summed E-state index contributed by atoms with van der Waals surface area (Å²) in [6.45, 7) is 1.61. The molecule has 0 bridgehead atoms. The lowest BCUT2D eigenvalue weighted by atomic mass is 10.0. The molecule has 126 valence electrons. The minimum atomic E-state index is -3.62. The highest BCUT2D eigenvalue weighted by Gasteiger charge is 2.29. The zero-order chi connectivity index (χ0) is 16.6. The molecule has 2 aliphatic heterocycles. The van der Waals surface area contributed by atoms with Gasteiger partial charge in [-0.3, -0.25) is 4.31 Å². The number of aryl methyl sites for hydroxylation is 1. The monoisotopic (exact) mass is 345 g/mol. The summed E-state index contributed by atoms with van der Waals surface area (Å²) in [6.07, 6.45) is 2.51. The second-order valence-electron chi connectivity index (χ2n) is 5.97. The second kappa shape index (κ2) is 6.02. The molecule has 6 heteroatoms. The highest BCUT2D eigenvalue weighted by molar-refractivity contribution is 7.92. The Kier molecular flexibility index (Phi) is 3.84. The van der Waals surface area contributed by atoms with Crippen molar-refractivity contribution >= 4 is 15.7 Å². The molecule has 0 saturated carbocycles. The number of anilines is 1. The molecule has 2 aliphatic rings. The molecule has 0 spiro atoms. The van der Waals surface area contributed by atoms with Gasteiger partial charge < -0.3 is 9.47 Å². The van der Waals surface area contributed by atoms with E-state index in [1.54, 1.807) is 18.2 Å². The summed E-state index contributed by atoms with van der Waals surface area (Å²) in [5.74, 6) is 1.10. The van der Waals surface area contributed by atoms with Gasteiger partial charge in [-0.2, -0.15) is 0 Å². The topological polar surface area (TPSA) is 55.8 Å². The van der Waals surface area contributed by atoms with Crippen molar-refractivity contribution < 1.29 is 17.9 Å². The normalized spacial score (nSPS) is 17.1. The number of rotatable bonds is 2. The predicted octanol–water partition coefficient (Wildman–Crippen LogP) is 2.99. The average molecular weight is 345 g/mol. The van der Waals surface area contributed by atoms with E-state index in [-0.39, 0.29) is 4.90 Å². The molecule has 0 amide bonds. The first kappa shape index (κ1) is 15.3. The molecule has 0 unspecified atom stereocenters. The van der Waals surface area contributed by atoms with E-state index in [0.717, 1.165) is 30.5 Å². The van der Waals surface area contributed by atoms with Gasteiger partial charge in [0.25, 0.3) is 10.0 Å². The molecule has 0 radical (unpaired) electrons. The minimum Gasteiger partial charge on any atom is -0.490 e. The second-order valence-corrected chi connectivity index (χ2v) is 7.83. The van der Waals surface area contributed by atoms with Gasteiger partial charge >= 0.3 is 0 Å². The Morgan fingerprint density at radius 1 is 0.917 bits per heavy atom. The highest BCUT2D eigenvalue weighted by atomic mass is 32.2. The zero-order valence-corrected chi connectivity index (χ0v) is 14.1. The molecular formula is C18H19NO4S. The van der Waals surface area contributed by atoms with E-state index in [0.29, 0.717) is 31.3 Å². The molecule has 4 rings (SSSR count). The van der Waals surface area contributed by atoms with Gasteiger partial charge in [0.15, 0.2) is 11.5 Å². The number of sulfonamides is 1. The Labute approximate surface area is 141 Å². The van der Waals surface area contributed by atoms with Gasteiger partial charge in [-0.25, -0.2) is 8.42 Å². The predicted molar refractivity (Wildman–Crippen MR) is 91.3 cm³/mol. The van der Waals surface area contributed by atoms with Crippen LogP contribution in [0.4, 0.5) is 5.69 Å². The standard InChI is InChI=1S/C18H19NO4S/c20-24(21,19-10-3-6-14-5-1-2-7-16(14)19)15-8-9-17-18(13-15)23-12-4-11-22-17/h1-2,5,7-9,13H,3-4,6,10-12H2. The molecule has 0 N–H and O–H groups in total. The third-order valence-corrected chi connectivity index (χ3v) is 6.18. The van der Waals surface area contributed by atoms with Crippen LogP contribution in [0.15, 0.2) is 47.4 Å². The molecule has 0 fully saturated rings. The summed E-state index contributed by atoms with van der Waals surface area (Å²) in [7, 11) is -3.62. The summed E-state index contributed by atoms with van der Waals surface area (Å²) >= 11 is 0. The van der Waals surface area contributed by atoms with E-state index in [4.69, 9.17) is 9.47 Å².